The Balaban J connectivity index is 1.62. The van der Waals surface area contributed by atoms with Gasteiger partial charge in [0.25, 0.3) is 0 Å². The molecular formula is C36H59O4P. The Bertz CT molecular complexity index is 762. The van der Waals surface area contributed by atoms with Gasteiger partial charge < -0.3 is 13.8 Å². The zero-order chi connectivity index (χ0) is 29.1. The maximum Gasteiger partial charge on any atom is 0.463 e. The Morgan fingerprint density at radius 1 is 0.488 bits per heavy atom. The molecule has 1 unspecified atom stereocenters. The zero-order valence-electron chi connectivity index (χ0n) is 26.3. The fourth-order valence-electron chi connectivity index (χ4n) is 4.95. The standard InChI is InChI=1S/C36H59O4P/c1-3-5-7-9-10-11-12-13-14-24-32-37-34(26-18-8-6-4-2)27-23-17-25-33-38-41(39-35-28-19-15-20-29-35)40-36-30-21-16-22-31-36/h15-16,19-22,28-31,34H,3-14,17-18,23-27,32-33H2,1-2H3. The third-order valence-electron chi connectivity index (χ3n) is 7.44. The van der Waals surface area contributed by atoms with Crippen LogP contribution in [-0.2, 0) is 9.26 Å². The van der Waals surface area contributed by atoms with Crippen LogP contribution in [0.2, 0.25) is 0 Å². The molecule has 0 aliphatic carbocycles. The summed E-state index contributed by atoms with van der Waals surface area (Å²) >= 11 is 0. The topological polar surface area (TPSA) is 36.9 Å². The first-order chi connectivity index (χ1) is 20.3. The second-order valence-corrected chi connectivity index (χ2v) is 12.3. The molecule has 1 atom stereocenters. The molecule has 2 aromatic rings. The van der Waals surface area contributed by atoms with Crippen LogP contribution in [0.15, 0.2) is 60.7 Å². The Morgan fingerprint density at radius 3 is 1.41 bits per heavy atom. The summed E-state index contributed by atoms with van der Waals surface area (Å²) < 4.78 is 24.6. The molecule has 0 heterocycles. The molecule has 0 aliphatic heterocycles. The molecule has 4 nitrogen and oxygen atoms in total. The lowest BCUT2D eigenvalue weighted by Crippen LogP contribution is -2.14. The van der Waals surface area contributed by atoms with E-state index in [0.717, 1.165) is 37.4 Å². The van der Waals surface area contributed by atoms with Crippen molar-refractivity contribution in [1.82, 2.24) is 0 Å². The Morgan fingerprint density at radius 2 is 0.902 bits per heavy atom. The quantitative estimate of drug-likeness (QED) is 0.0734. The van der Waals surface area contributed by atoms with Crippen molar-refractivity contribution >= 4 is 8.60 Å². The van der Waals surface area contributed by atoms with Crippen LogP contribution in [0.3, 0.4) is 0 Å². The molecule has 232 valence electrons. The van der Waals surface area contributed by atoms with Crippen LogP contribution in [-0.4, -0.2) is 19.3 Å². The summed E-state index contributed by atoms with van der Waals surface area (Å²) in [6.07, 6.45) is 25.0. The average Bonchev–Trinajstić information content (AvgIpc) is 3.00. The highest BCUT2D eigenvalue weighted by Crippen LogP contribution is 2.41. The van der Waals surface area contributed by atoms with Crippen molar-refractivity contribution in [3.63, 3.8) is 0 Å². The SMILES string of the molecule is CCCCCCCCCCCCOC(CCCCCC)CCCCCOP(Oc1ccccc1)Oc1ccccc1. The van der Waals surface area contributed by atoms with E-state index in [1.54, 1.807) is 0 Å². The number of hydrogen-bond acceptors (Lipinski definition) is 4. The molecule has 0 saturated carbocycles. The molecule has 0 aliphatic rings. The highest BCUT2D eigenvalue weighted by molar-refractivity contribution is 7.42. The Labute approximate surface area is 253 Å². The summed E-state index contributed by atoms with van der Waals surface area (Å²) in [5.41, 5.74) is 0. The summed E-state index contributed by atoms with van der Waals surface area (Å²) in [4.78, 5) is 0. The summed E-state index contributed by atoms with van der Waals surface area (Å²) in [7, 11) is -1.50. The van der Waals surface area contributed by atoms with Crippen molar-refractivity contribution in [2.75, 3.05) is 13.2 Å². The van der Waals surface area contributed by atoms with Crippen LogP contribution in [0.5, 0.6) is 11.5 Å². The van der Waals surface area contributed by atoms with Crippen molar-refractivity contribution in [2.24, 2.45) is 0 Å². The van der Waals surface area contributed by atoms with E-state index in [1.165, 1.54) is 103 Å². The minimum absolute atomic E-state index is 0.409. The molecule has 0 radical (unpaired) electrons. The second kappa shape index (κ2) is 26.1. The van der Waals surface area contributed by atoms with Gasteiger partial charge in [-0.1, -0.05) is 147 Å². The summed E-state index contributed by atoms with van der Waals surface area (Å²) in [6, 6.07) is 19.5. The van der Waals surface area contributed by atoms with Gasteiger partial charge in [-0.3, -0.25) is 4.52 Å². The molecule has 0 bridgehead atoms. The zero-order valence-corrected chi connectivity index (χ0v) is 27.2. The number of para-hydroxylation sites is 2. The van der Waals surface area contributed by atoms with Crippen LogP contribution < -0.4 is 9.05 Å². The predicted octanol–water partition coefficient (Wildman–Crippen LogP) is 12.2. The van der Waals surface area contributed by atoms with Gasteiger partial charge in [-0.05, 0) is 49.9 Å². The van der Waals surface area contributed by atoms with E-state index in [1.807, 2.05) is 60.7 Å². The number of ether oxygens (including phenoxy) is 1. The van der Waals surface area contributed by atoms with Gasteiger partial charge in [0, 0.05) is 6.61 Å². The van der Waals surface area contributed by atoms with E-state index in [-0.39, 0.29) is 0 Å². The lowest BCUT2D eigenvalue weighted by Gasteiger charge is -2.19. The Hall–Kier alpha value is -1.61. The molecule has 0 spiro atoms. The minimum atomic E-state index is -1.50. The van der Waals surface area contributed by atoms with Crippen molar-refractivity contribution in [2.45, 2.75) is 142 Å². The largest absolute Gasteiger partial charge is 0.463 e. The maximum absolute atomic E-state index is 6.40. The van der Waals surface area contributed by atoms with E-state index in [2.05, 4.69) is 13.8 Å². The number of unbranched alkanes of at least 4 members (excludes halogenated alkanes) is 14. The number of hydrogen-bond donors (Lipinski definition) is 0. The highest BCUT2D eigenvalue weighted by Gasteiger charge is 2.17. The molecule has 0 aromatic heterocycles. The second-order valence-electron chi connectivity index (χ2n) is 11.2. The Kier molecular flexibility index (Phi) is 22.6. The van der Waals surface area contributed by atoms with Crippen LogP contribution in [0.25, 0.3) is 0 Å². The lowest BCUT2D eigenvalue weighted by molar-refractivity contribution is 0.0355. The normalized spacial score (nSPS) is 12.1. The highest BCUT2D eigenvalue weighted by atomic mass is 31.2. The summed E-state index contributed by atoms with van der Waals surface area (Å²) in [5, 5.41) is 0. The molecule has 2 aromatic carbocycles. The van der Waals surface area contributed by atoms with Crippen molar-refractivity contribution in [1.29, 1.82) is 0 Å². The third-order valence-corrected chi connectivity index (χ3v) is 8.56. The third kappa shape index (κ3) is 20.0. The van der Waals surface area contributed by atoms with E-state index >= 15 is 0 Å². The van der Waals surface area contributed by atoms with Gasteiger partial charge in [-0.25, -0.2) is 0 Å². The van der Waals surface area contributed by atoms with Gasteiger partial charge in [0.1, 0.15) is 11.5 Å². The van der Waals surface area contributed by atoms with Gasteiger partial charge in [0.05, 0.1) is 12.7 Å². The number of rotatable bonds is 28. The average molecular weight is 587 g/mol. The van der Waals surface area contributed by atoms with E-state index in [4.69, 9.17) is 18.3 Å². The van der Waals surface area contributed by atoms with Crippen LogP contribution >= 0.6 is 8.60 Å². The van der Waals surface area contributed by atoms with E-state index in [0.29, 0.717) is 12.7 Å². The van der Waals surface area contributed by atoms with Crippen molar-refractivity contribution < 1.29 is 18.3 Å². The molecule has 41 heavy (non-hydrogen) atoms. The molecule has 0 amide bonds. The van der Waals surface area contributed by atoms with Crippen LogP contribution in [0.1, 0.15) is 136 Å². The molecule has 5 heteroatoms. The molecule has 2 rings (SSSR count). The number of benzene rings is 2. The fraction of sp³-hybridized carbons (Fsp3) is 0.667. The molecule has 0 N–H and O–H groups in total. The fourth-order valence-corrected chi connectivity index (χ4v) is 5.95. The van der Waals surface area contributed by atoms with Gasteiger partial charge in [-0.2, -0.15) is 0 Å². The minimum Gasteiger partial charge on any atom is -0.418 e. The van der Waals surface area contributed by atoms with Gasteiger partial charge >= 0.3 is 8.60 Å². The predicted molar refractivity (Wildman–Crippen MR) is 176 cm³/mol. The molecular weight excluding hydrogens is 527 g/mol. The van der Waals surface area contributed by atoms with E-state index < -0.39 is 8.60 Å². The van der Waals surface area contributed by atoms with Gasteiger partial charge in [0.15, 0.2) is 0 Å². The first-order valence-corrected chi connectivity index (χ1v) is 17.9. The summed E-state index contributed by atoms with van der Waals surface area (Å²) in [5.74, 6) is 1.53. The van der Waals surface area contributed by atoms with Crippen LogP contribution in [0, 0.1) is 0 Å². The summed E-state index contributed by atoms with van der Waals surface area (Å²) in [6.45, 7) is 6.13. The van der Waals surface area contributed by atoms with Gasteiger partial charge in [-0.15, -0.1) is 0 Å². The molecule has 0 fully saturated rings. The lowest BCUT2D eigenvalue weighted by atomic mass is 10.0. The monoisotopic (exact) mass is 586 g/mol. The van der Waals surface area contributed by atoms with E-state index in [9.17, 15) is 0 Å². The van der Waals surface area contributed by atoms with Crippen molar-refractivity contribution in [3.05, 3.63) is 60.7 Å². The smallest absolute Gasteiger partial charge is 0.418 e. The maximum atomic E-state index is 6.40. The van der Waals surface area contributed by atoms with Crippen molar-refractivity contribution in [3.8, 4) is 11.5 Å². The van der Waals surface area contributed by atoms with Crippen LogP contribution in [0.4, 0.5) is 0 Å². The molecule has 0 saturated heterocycles. The first kappa shape index (κ1) is 35.6. The van der Waals surface area contributed by atoms with Gasteiger partial charge in [0.2, 0.25) is 0 Å². The first-order valence-electron chi connectivity index (χ1n) is 16.8.